The number of nitrogens with one attached hydrogen (secondary N) is 2. The van der Waals surface area contributed by atoms with E-state index in [0.717, 1.165) is 11.3 Å². The molecule has 0 aliphatic heterocycles. The number of carbonyl (C=O) groups is 1. The molecule has 0 saturated carbocycles. The number of hydrogen-bond acceptors (Lipinski definition) is 5. The minimum atomic E-state index is -0.172. The van der Waals surface area contributed by atoms with E-state index >= 15 is 0 Å². The molecule has 0 radical (unpaired) electrons. The zero-order valence-electron chi connectivity index (χ0n) is 12.8. The maximum Gasteiger partial charge on any atom is 0.258 e. The fourth-order valence-electron chi connectivity index (χ4n) is 2.33. The van der Waals surface area contributed by atoms with E-state index in [-0.39, 0.29) is 11.3 Å². The largest absolute Gasteiger partial charge is 0.460 e. The normalized spacial score (nSPS) is 11.0. The summed E-state index contributed by atoms with van der Waals surface area (Å²) < 4.78 is 5.79. The van der Waals surface area contributed by atoms with Gasteiger partial charge in [0.1, 0.15) is 17.3 Å². The highest BCUT2D eigenvalue weighted by atomic mass is 16.3. The number of H-pyrrole nitrogens is 1. The first-order chi connectivity index (χ1) is 11.1. The second kappa shape index (κ2) is 6.58. The van der Waals surface area contributed by atoms with Crippen LogP contribution in [0.4, 0.5) is 0 Å². The predicted octanol–water partition coefficient (Wildman–Crippen LogP) is 2.25. The third-order valence-corrected chi connectivity index (χ3v) is 3.54. The average molecular weight is 311 g/mol. The van der Waals surface area contributed by atoms with Crippen molar-refractivity contribution in [1.82, 2.24) is 15.3 Å². The van der Waals surface area contributed by atoms with Crippen LogP contribution in [0.5, 0.6) is 0 Å². The van der Waals surface area contributed by atoms with Crippen LogP contribution in [0.25, 0.3) is 22.2 Å². The molecule has 0 atom stereocenters. The number of aromatic amines is 1. The van der Waals surface area contributed by atoms with Crippen molar-refractivity contribution < 1.29 is 9.21 Å². The summed E-state index contributed by atoms with van der Waals surface area (Å²) in [6.45, 7) is 2.76. The van der Waals surface area contributed by atoms with Gasteiger partial charge >= 0.3 is 0 Å². The summed E-state index contributed by atoms with van der Waals surface area (Å²) >= 11 is 0. The first-order valence-electron chi connectivity index (χ1n) is 7.40. The van der Waals surface area contributed by atoms with Gasteiger partial charge in [0.2, 0.25) is 0 Å². The molecule has 1 aromatic carbocycles. The third kappa shape index (κ3) is 3.54. The zero-order valence-corrected chi connectivity index (χ0v) is 12.8. The lowest BCUT2D eigenvalue weighted by atomic mass is 10.1. The number of Topliss-reactive ketones (excluding diaryl/α,β-unsaturated/α-hetero) is 1. The van der Waals surface area contributed by atoms with Crippen molar-refractivity contribution in [2.75, 3.05) is 6.54 Å². The van der Waals surface area contributed by atoms with E-state index in [2.05, 4.69) is 15.3 Å². The van der Waals surface area contributed by atoms with E-state index in [1.807, 2.05) is 18.2 Å². The molecule has 0 fully saturated rings. The topological polar surface area (TPSA) is 88.0 Å². The Morgan fingerprint density at radius 2 is 2.17 bits per heavy atom. The average Bonchev–Trinajstić information content (AvgIpc) is 3.00. The second-order valence-electron chi connectivity index (χ2n) is 5.36. The van der Waals surface area contributed by atoms with Gasteiger partial charge in [-0.05, 0) is 37.3 Å². The van der Waals surface area contributed by atoms with Gasteiger partial charge in [-0.3, -0.25) is 9.59 Å². The van der Waals surface area contributed by atoms with Gasteiger partial charge in [0.15, 0.2) is 0 Å². The molecule has 0 unspecified atom stereocenters. The van der Waals surface area contributed by atoms with Crippen molar-refractivity contribution in [3.05, 3.63) is 52.8 Å². The standard InChI is InChI=1S/C17H17N3O3/c1-11(21)6-7-18-9-13-3-5-16(23-13)12-2-4-15-14(8-12)17(22)20-10-19-15/h2-5,8,10,18H,6-7,9H2,1H3,(H,19,20,22). The third-order valence-electron chi connectivity index (χ3n) is 3.54. The Morgan fingerprint density at radius 3 is 3.00 bits per heavy atom. The summed E-state index contributed by atoms with van der Waals surface area (Å²) in [4.78, 5) is 29.4. The number of fused-ring (bicyclic) bond motifs is 1. The molecule has 6 heteroatoms. The SMILES string of the molecule is CC(=O)CCNCc1ccc(-c2ccc3nc[nH]c(=O)c3c2)o1. The van der Waals surface area contributed by atoms with E-state index < -0.39 is 0 Å². The first-order valence-corrected chi connectivity index (χ1v) is 7.40. The van der Waals surface area contributed by atoms with E-state index in [0.29, 0.717) is 36.2 Å². The maximum absolute atomic E-state index is 11.8. The highest BCUT2D eigenvalue weighted by Gasteiger charge is 2.07. The molecule has 2 heterocycles. The van der Waals surface area contributed by atoms with Crippen molar-refractivity contribution in [3.63, 3.8) is 0 Å². The minimum Gasteiger partial charge on any atom is -0.460 e. The lowest BCUT2D eigenvalue weighted by molar-refractivity contribution is -0.116. The molecule has 0 saturated heterocycles. The molecule has 0 aliphatic carbocycles. The molecule has 0 bridgehead atoms. The van der Waals surface area contributed by atoms with Crippen LogP contribution in [0.3, 0.4) is 0 Å². The molecule has 2 N–H and O–H groups in total. The van der Waals surface area contributed by atoms with E-state index in [9.17, 15) is 9.59 Å². The molecule has 23 heavy (non-hydrogen) atoms. The highest BCUT2D eigenvalue weighted by Crippen LogP contribution is 2.24. The number of furan rings is 1. The monoisotopic (exact) mass is 311 g/mol. The fraction of sp³-hybridized carbons (Fsp3) is 0.235. The Morgan fingerprint density at radius 1 is 1.30 bits per heavy atom. The van der Waals surface area contributed by atoms with Crippen molar-refractivity contribution >= 4 is 16.7 Å². The second-order valence-corrected chi connectivity index (χ2v) is 5.36. The number of aromatic nitrogens is 2. The number of hydrogen-bond donors (Lipinski definition) is 2. The molecule has 118 valence electrons. The van der Waals surface area contributed by atoms with Crippen molar-refractivity contribution in [2.24, 2.45) is 0 Å². The zero-order chi connectivity index (χ0) is 16.2. The van der Waals surface area contributed by atoms with E-state index in [4.69, 9.17) is 4.42 Å². The van der Waals surface area contributed by atoms with Crippen LogP contribution in [0, 0.1) is 0 Å². The van der Waals surface area contributed by atoms with Gasteiger partial charge in [-0.1, -0.05) is 0 Å². The summed E-state index contributed by atoms with van der Waals surface area (Å²) in [5, 5.41) is 3.69. The Balaban J connectivity index is 1.76. The van der Waals surface area contributed by atoms with Crippen molar-refractivity contribution in [3.8, 4) is 11.3 Å². The smallest absolute Gasteiger partial charge is 0.258 e. The molecule has 6 nitrogen and oxygen atoms in total. The van der Waals surface area contributed by atoms with Gasteiger partial charge in [0.05, 0.1) is 23.8 Å². The van der Waals surface area contributed by atoms with Crippen LogP contribution in [0.15, 0.2) is 45.9 Å². The number of nitrogens with zero attached hydrogens (tertiary/aromatic N) is 1. The lowest BCUT2D eigenvalue weighted by Gasteiger charge is -2.01. The molecular formula is C17H17N3O3. The Hall–Kier alpha value is -2.73. The molecule has 0 amide bonds. The molecular weight excluding hydrogens is 294 g/mol. The number of ketones is 1. The summed E-state index contributed by atoms with van der Waals surface area (Å²) in [6, 6.07) is 9.20. The number of benzene rings is 1. The summed E-state index contributed by atoms with van der Waals surface area (Å²) in [5.41, 5.74) is 1.30. The molecule has 3 rings (SSSR count). The van der Waals surface area contributed by atoms with Crippen LogP contribution in [-0.2, 0) is 11.3 Å². The van der Waals surface area contributed by atoms with Crippen LogP contribution in [0.1, 0.15) is 19.1 Å². The Labute approximate surface area is 132 Å². The fourth-order valence-corrected chi connectivity index (χ4v) is 2.33. The van der Waals surface area contributed by atoms with Crippen molar-refractivity contribution in [2.45, 2.75) is 19.9 Å². The number of carbonyl (C=O) groups excluding carboxylic acids is 1. The minimum absolute atomic E-state index is 0.160. The molecule has 0 spiro atoms. The van der Waals surface area contributed by atoms with Gasteiger partial charge in [-0.2, -0.15) is 0 Å². The molecule has 0 aliphatic rings. The molecule has 3 aromatic rings. The summed E-state index contributed by atoms with van der Waals surface area (Å²) in [7, 11) is 0. The molecule has 2 aromatic heterocycles. The van der Waals surface area contributed by atoms with Crippen LogP contribution in [0.2, 0.25) is 0 Å². The lowest BCUT2D eigenvalue weighted by Crippen LogP contribution is -2.16. The van der Waals surface area contributed by atoms with Crippen LogP contribution in [-0.4, -0.2) is 22.3 Å². The van der Waals surface area contributed by atoms with Gasteiger partial charge < -0.3 is 14.7 Å². The van der Waals surface area contributed by atoms with Crippen LogP contribution >= 0.6 is 0 Å². The van der Waals surface area contributed by atoms with E-state index in [1.165, 1.54) is 6.33 Å². The summed E-state index contributed by atoms with van der Waals surface area (Å²) in [6.07, 6.45) is 1.90. The highest BCUT2D eigenvalue weighted by molar-refractivity contribution is 5.82. The van der Waals surface area contributed by atoms with Gasteiger partial charge in [0, 0.05) is 18.5 Å². The van der Waals surface area contributed by atoms with E-state index in [1.54, 1.807) is 19.1 Å². The maximum atomic E-state index is 11.8. The Kier molecular flexibility index (Phi) is 4.34. The van der Waals surface area contributed by atoms with Gasteiger partial charge in [-0.15, -0.1) is 0 Å². The first kappa shape index (κ1) is 15.2. The quantitative estimate of drug-likeness (QED) is 0.682. The van der Waals surface area contributed by atoms with Gasteiger partial charge in [0.25, 0.3) is 5.56 Å². The Bertz CT molecular complexity index is 895. The summed E-state index contributed by atoms with van der Waals surface area (Å²) in [5.74, 6) is 1.63. The van der Waals surface area contributed by atoms with Gasteiger partial charge in [-0.25, -0.2) is 4.98 Å². The predicted molar refractivity (Wildman–Crippen MR) is 87.1 cm³/mol. The van der Waals surface area contributed by atoms with Crippen LogP contribution < -0.4 is 10.9 Å². The number of rotatable bonds is 6. The van der Waals surface area contributed by atoms with Crippen molar-refractivity contribution in [1.29, 1.82) is 0 Å².